The fraction of sp³-hybridized carbons (Fsp3) is 0.609. The fourth-order valence-electron chi connectivity index (χ4n) is 3.68. The van der Waals surface area contributed by atoms with Crippen LogP contribution in [0, 0.1) is 0 Å². The highest BCUT2D eigenvalue weighted by Gasteiger charge is 2.21. The van der Waals surface area contributed by atoms with Crippen LogP contribution in [0.2, 0.25) is 0 Å². The molecular weight excluding hydrogens is 414 g/mol. The number of alkyl halides is 2. The first-order valence-corrected chi connectivity index (χ1v) is 11.5. The van der Waals surface area contributed by atoms with Crippen LogP contribution in [-0.2, 0) is 6.54 Å². The number of aliphatic hydroxyl groups is 1. The van der Waals surface area contributed by atoms with Crippen molar-refractivity contribution in [2.75, 3.05) is 30.4 Å². The lowest BCUT2D eigenvalue weighted by molar-refractivity contribution is 0.126. The number of nitrogens with one attached hydrogen (secondary N) is 3. The van der Waals surface area contributed by atoms with Gasteiger partial charge in [0.2, 0.25) is 5.95 Å². The quantitative estimate of drug-likeness (QED) is 0.366. The summed E-state index contributed by atoms with van der Waals surface area (Å²) in [5, 5.41) is 19.5. The number of hydrogen-bond donors (Lipinski definition) is 4. The number of pyridine rings is 1. The summed E-state index contributed by atoms with van der Waals surface area (Å²) in [6.45, 7) is 2.86. The van der Waals surface area contributed by atoms with Crippen molar-refractivity contribution in [2.24, 2.45) is 0 Å². The van der Waals surface area contributed by atoms with Crippen molar-refractivity contribution in [3.8, 4) is 11.3 Å². The van der Waals surface area contributed by atoms with Gasteiger partial charge in [0.25, 0.3) is 0 Å². The number of halogens is 2. The molecule has 1 fully saturated rings. The lowest BCUT2D eigenvalue weighted by Gasteiger charge is -2.27. The van der Waals surface area contributed by atoms with Gasteiger partial charge in [-0.15, -0.1) is 0 Å². The first-order chi connectivity index (χ1) is 15.6. The predicted octanol–water partition coefficient (Wildman–Crippen LogP) is 3.86. The summed E-state index contributed by atoms with van der Waals surface area (Å²) in [6, 6.07) is 4.08. The largest absolute Gasteiger partial charge is 0.393 e. The lowest BCUT2D eigenvalue weighted by Crippen LogP contribution is -2.29. The molecule has 3 rings (SSSR count). The molecule has 9 heteroatoms. The first-order valence-electron chi connectivity index (χ1n) is 11.5. The summed E-state index contributed by atoms with van der Waals surface area (Å²) in [4.78, 5) is 13.5. The number of aliphatic hydroxyl groups excluding tert-OH is 1. The van der Waals surface area contributed by atoms with Gasteiger partial charge in [-0.25, -0.2) is 9.37 Å². The smallest absolute Gasteiger partial charge is 0.224 e. The van der Waals surface area contributed by atoms with E-state index in [9.17, 15) is 13.9 Å². The van der Waals surface area contributed by atoms with Gasteiger partial charge in [-0.2, -0.15) is 4.98 Å². The van der Waals surface area contributed by atoms with Crippen LogP contribution in [0.25, 0.3) is 11.3 Å². The van der Waals surface area contributed by atoms with Crippen molar-refractivity contribution >= 4 is 11.8 Å². The SMILES string of the molecule is CC[C@H](F)CNc1ncc(-c2cc(CNCCCF)ccn2)c(NC2CCC(O)CC2)n1. The molecule has 2 aromatic rings. The molecule has 32 heavy (non-hydrogen) atoms. The molecule has 1 aliphatic rings. The second-order valence-corrected chi connectivity index (χ2v) is 8.26. The Morgan fingerprint density at radius 3 is 2.78 bits per heavy atom. The molecule has 1 atom stereocenters. The Hall–Kier alpha value is -2.39. The minimum atomic E-state index is -0.960. The van der Waals surface area contributed by atoms with Crippen LogP contribution in [0.15, 0.2) is 24.5 Å². The summed E-state index contributed by atoms with van der Waals surface area (Å²) in [5.41, 5.74) is 2.53. The standard InChI is InChI=1S/C23H34F2N6O/c1-2-17(25)14-28-23-29-15-20(22(31-23)30-18-4-6-19(32)7-5-18)21-12-16(8-11-27-21)13-26-10-3-9-24/h8,11-12,15,17-19,26,32H,2-7,9-10,13-14H2,1H3,(H2,28,29,30,31)/t17-,18?,19?/m0/s1. The Kier molecular flexibility index (Phi) is 9.55. The average molecular weight is 449 g/mol. The third kappa shape index (κ3) is 7.34. The minimum Gasteiger partial charge on any atom is -0.393 e. The molecule has 0 saturated heterocycles. The van der Waals surface area contributed by atoms with Gasteiger partial charge in [0.15, 0.2) is 0 Å². The Labute approximate surface area is 188 Å². The zero-order chi connectivity index (χ0) is 22.8. The van der Waals surface area contributed by atoms with Crippen LogP contribution >= 0.6 is 0 Å². The van der Waals surface area contributed by atoms with E-state index < -0.39 is 6.17 Å². The van der Waals surface area contributed by atoms with E-state index in [2.05, 4.69) is 30.9 Å². The molecule has 0 amide bonds. The maximum Gasteiger partial charge on any atom is 0.224 e. The molecule has 1 aliphatic carbocycles. The van der Waals surface area contributed by atoms with Gasteiger partial charge in [0.05, 0.1) is 24.0 Å². The van der Waals surface area contributed by atoms with Gasteiger partial charge < -0.3 is 21.1 Å². The van der Waals surface area contributed by atoms with Crippen LogP contribution in [-0.4, -0.2) is 58.1 Å². The first kappa shape index (κ1) is 24.3. The van der Waals surface area contributed by atoms with Gasteiger partial charge in [0.1, 0.15) is 12.0 Å². The van der Waals surface area contributed by atoms with Gasteiger partial charge in [0, 0.05) is 31.5 Å². The summed E-state index contributed by atoms with van der Waals surface area (Å²) < 4.78 is 26.0. The molecule has 4 N–H and O–H groups in total. The van der Waals surface area contributed by atoms with Crippen LogP contribution in [0.4, 0.5) is 20.5 Å². The van der Waals surface area contributed by atoms with Gasteiger partial charge in [-0.1, -0.05) is 6.92 Å². The van der Waals surface area contributed by atoms with Gasteiger partial charge in [-0.05, 0) is 62.8 Å². The number of nitrogens with zero attached hydrogens (tertiary/aromatic N) is 3. The van der Waals surface area contributed by atoms with E-state index >= 15 is 0 Å². The molecule has 0 bridgehead atoms. The van der Waals surface area contributed by atoms with Crippen LogP contribution in [0.1, 0.15) is 51.0 Å². The third-order valence-corrected chi connectivity index (χ3v) is 5.67. The Morgan fingerprint density at radius 2 is 2.03 bits per heavy atom. The number of rotatable bonds is 12. The normalized spacial score (nSPS) is 19.5. The maximum absolute atomic E-state index is 13.7. The molecular formula is C23H34F2N6O. The van der Waals surface area contributed by atoms with Crippen molar-refractivity contribution in [3.63, 3.8) is 0 Å². The fourth-order valence-corrected chi connectivity index (χ4v) is 3.68. The summed E-state index contributed by atoms with van der Waals surface area (Å²) in [5.74, 6) is 1.01. The van der Waals surface area contributed by atoms with E-state index in [-0.39, 0.29) is 25.4 Å². The zero-order valence-corrected chi connectivity index (χ0v) is 18.7. The van der Waals surface area contributed by atoms with Gasteiger partial charge in [-0.3, -0.25) is 9.37 Å². The second-order valence-electron chi connectivity index (χ2n) is 8.26. The van der Waals surface area contributed by atoms with E-state index in [4.69, 9.17) is 0 Å². The molecule has 0 aromatic carbocycles. The molecule has 0 radical (unpaired) electrons. The minimum absolute atomic E-state index is 0.156. The monoisotopic (exact) mass is 448 g/mol. The molecule has 0 aliphatic heterocycles. The van der Waals surface area contributed by atoms with Crippen molar-refractivity contribution in [2.45, 2.75) is 70.3 Å². The molecule has 0 unspecified atom stereocenters. The highest BCUT2D eigenvalue weighted by Crippen LogP contribution is 2.29. The number of aromatic nitrogens is 3. The molecule has 2 heterocycles. The van der Waals surface area contributed by atoms with Crippen molar-refractivity contribution < 1.29 is 13.9 Å². The molecule has 0 spiro atoms. The van der Waals surface area contributed by atoms with Crippen LogP contribution < -0.4 is 16.0 Å². The molecule has 2 aromatic heterocycles. The van der Waals surface area contributed by atoms with E-state index in [0.717, 1.165) is 42.5 Å². The zero-order valence-electron chi connectivity index (χ0n) is 18.7. The van der Waals surface area contributed by atoms with Crippen LogP contribution in [0.5, 0.6) is 0 Å². The predicted molar refractivity (Wildman–Crippen MR) is 123 cm³/mol. The second kappa shape index (κ2) is 12.6. The maximum atomic E-state index is 13.7. The number of hydrogen-bond acceptors (Lipinski definition) is 7. The Morgan fingerprint density at radius 1 is 1.22 bits per heavy atom. The van der Waals surface area contributed by atoms with Crippen LogP contribution in [0.3, 0.4) is 0 Å². The summed E-state index contributed by atoms with van der Waals surface area (Å²) in [7, 11) is 0. The Balaban J connectivity index is 1.80. The van der Waals surface area contributed by atoms with E-state index in [1.165, 1.54) is 0 Å². The van der Waals surface area contributed by atoms with E-state index in [1.54, 1.807) is 19.3 Å². The third-order valence-electron chi connectivity index (χ3n) is 5.67. The van der Waals surface area contributed by atoms with Crippen molar-refractivity contribution in [1.29, 1.82) is 0 Å². The number of anilines is 2. The van der Waals surface area contributed by atoms with Crippen molar-refractivity contribution in [3.05, 3.63) is 30.1 Å². The molecule has 176 valence electrons. The summed E-state index contributed by atoms with van der Waals surface area (Å²) in [6.07, 6.45) is 6.36. The van der Waals surface area contributed by atoms with E-state index in [1.807, 2.05) is 12.1 Å². The van der Waals surface area contributed by atoms with Gasteiger partial charge >= 0.3 is 0 Å². The molecule has 1 saturated carbocycles. The average Bonchev–Trinajstić information content (AvgIpc) is 2.82. The van der Waals surface area contributed by atoms with Crippen molar-refractivity contribution in [1.82, 2.24) is 20.3 Å². The van der Waals surface area contributed by atoms with E-state index in [0.29, 0.717) is 37.7 Å². The summed E-state index contributed by atoms with van der Waals surface area (Å²) >= 11 is 0. The highest BCUT2D eigenvalue weighted by molar-refractivity contribution is 5.73. The lowest BCUT2D eigenvalue weighted by atomic mass is 9.93. The topological polar surface area (TPSA) is 95.0 Å². The Bertz CT molecular complexity index is 832. The molecule has 7 nitrogen and oxygen atoms in total. The highest BCUT2D eigenvalue weighted by atomic mass is 19.1.